The average molecular weight is 484 g/mol. The first kappa shape index (κ1) is 25.3. The van der Waals surface area contributed by atoms with Crippen molar-refractivity contribution in [2.45, 2.75) is 39.8 Å². The van der Waals surface area contributed by atoms with Crippen molar-refractivity contribution in [2.75, 3.05) is 13.2 Å². The van der Waals surface area contributed by atoms with Crippen LogP contribution in [0.3, 0.4) is 0 Å². The van der Waals surface area contributed by atoms with Gasteiger partial charge in [-0.3, -0.25) is 9.69 Å². The highest BCUT2D eigenvalue weighted by atomic mass is 16.5. The first-order chi connectivity index (χ1) is 17.2. The highest BCUT2D eigenvalue weighted by Gasteiger charge is 2.17. The molecule has 0 radical (unpaired) electrons. The zero-order chi connectivity index (χ0) is 25.8. The van der Waals surface area contributed by atoms with E-state index in [1.165, 1.54) is 6.07 Å². The zero-order valence-corrected chi connectivity index (χ0v) is 21.2. The van der Waals surface area contributed by atoms with Gasteiger partial charge >= 0.3 is 0 Å². The van der Waals surface area contributed by atoms with Crippen molar-refractivity contribution in [3.8, 4) is 28.4 Å². The first-order valence-corrected chi connectivity index (χ1v) is 12.3. The lowest BCUT2D eigenvalue weighted by Gasteiger charge is -2.30. The van der Waals surface area contributed by atoms with E-state index in [0.29, 0.717) is 35.6 Å². The van der Waals surface area contributed by atoms with E-state index in [-0.39, 0.29) is 17.3 Å². The average Bonchev–Trinajstić information content (AvgIpc) is 2.85. The Hall–Kier alpha value is -3.83. The summed E-state index contributed by atoms with van der Waals surface area (Å²) in [5.41, 5.74) is 2.53. The van der Waals surface area contributed by atoms with Gasteiger partial charge in [0.25, 0.3) is 0 Å². The molecule has 0 saturated heterocycles. The maximum absolute atomic E-state index is 13.5. The third-order valence-electron chi connectivity index (χ3n) is 6.44. The molecule has 0 spiro atoms. The molecule has 0 unspecified atom stereocenters. The molecule has 5 heteroatoms. The van der Waals surface area contributed by atoms with Crippen LogP contribution in [0.4, 0.5) is 0 Å². The lowest BCUT2D eigenvalue weighted by atomic mass is 9.92. The highest BCUT2D eigenvalue weighted by Crippen LogP contribution is 2.32. The van der Waals surface area contributed by atoms with Crippen LogP contribution in [0.25, 0.3) is 21.9 Å². The Kier molecular flexibility index (Phi) is 7.61. The van der Waals surface area contributed by atoms with Gasteiger partial charge in [0, 0.05) is 29.8 Å². The lowest BCUT2D eigenvalue weighted by molar-refractivity contribution is 0.103. The summed E-state index contributed by atoms with van der Waals surface area (Å²) in [5.74, 6) is 0.782. The maximum Gasteiger partial charge on any atom is 0.193 e. The quantitative estimate of drug-likeness (QED) is 0.261. The summed E-state index contributed by atoms with van der Waals surface area (Å²) in [6, 6.07) is 23.9. The van der Waals surface area contributed by atoms with E-state index >= 15 is 0 Å². The van der Waals surface area contributed by atoms with Crippen LogP contribution < -0.4 is 4.74 Å². The molecule has 186 valence electrons. The van der Waals surface area contributed by atoms with E-state index in [4.69, 9.17) is 4.74 Å². The van der Waals surface area contributed by atoms with Crippen LogP contribution in [-0.4, -0.2) is 46.1 Å². The molecule has 0 heterocycles. The SMILES string of the molecule is CC(C)N(CCOc1ccc(C(=O)c2cc(O)ccc2-c2ccc3cc(O)ccc3c2)cc1)C(C)C. The Morgan fingerprint density at radius 1 is 0.778 bits per heavy atom. The molecular weight excluding hydrogens is 450 g/mol. The standard InChI is InChI=1S/C31H33NO4/c1-20(2)32(21(3)4)15-16-36-28-12-8-22(9-13-28)31(35)30-19-27(34)11-14-29(30)25-6-5-24-18-26(33)10-7-23(24)17-25/h5-14,17-21,33-34H,15-16H2,1-4H3. The fourth-order valence-electron chi connectivity index (χ4n) is 4.61. The number of rotatable bonds is 9. The van der Waals surface area contributed by atoms with Gasteiger partial charge in [-0.1, -0.05) is 18.2 Å². The smallest absolute Gasteiger partial charge is 0.193 e. The van der Waals surface area contributed by atoms with Crippen molar-refractivity contribution >= 4 is 16.6 Å². The molecule has 36 heavy (non-hydrogen) atoms. The maximum atomic E-state index is 13.5. The molecule has 0 aromatic heterocycles. The summed E-state index contributed by atoms with van der Waals surface area (Å²) >= 11 is 0. The van der Waals surface area contributed by atoms with E-state index < -0.39 is 0 Å². The summed E-state index contributed by atoms with van der Waals surface area (Å²) in [6.45, 7) is 10.1. The Balaban J connectivity index is 1.55. The van der Waals surface area contributed by atoms with E-state index in [9.17, 15) is 15.0 Å². The fraction of sp³-hybridized carbons (Fsp3) is 0.258. The third-order valence-corrected chi connectivity index (χ3v) is 6.44. The van der Waals surface area contributed by atoms with E-state index in [1.54, 1.807) is 36.4 Å². The van der Waals surface area contributed by atoms with E-state index in [2.05, 4.69) is 32.6 Å². The number of aromatic hydroxyl groups is 2. The van der Waals surface area contributed by atoms with Crippen molar-refractivity contribution in [1.82, 2.24) is 4.90 Å². The molecule has 0 saturated carbocycles. The molecule has 0 atom stereocenters. The second kappa shape index (κ2) is 10.8. The van der Waals surface area contributed by atoms with Crippen LogP contribution in [0.15, 0.2) is 78.9 Å². The lowest BCUT2D eigenvalue weighted by Crippen LogP contribution is -2.39. The van der Waals surface area contributed by atoms with Crippen molar-refractivity contribution in [2.24, 2.45) is 0 Å². The van der Waals surface area contributed by atoms with Gasteiger partial charge in [0.05, 0.1) is 0 Å². The molecule has 0 bridgehead atoms. The summed E-state index contributed by atoms with van der Waals surface area (Å²) in [5, 5.41) is 21.7. The van der Waals surface area contributed by atoms with Crippen LogP contribution >= 0.6 is 0 Å². The number of carbonyl (C=O) groups excluding carboxylic acids is 1. The summed E-state index contributed by atoms with van der Waals surface area (Å²) in [4.78, 5) is 15.8. The van der Waals surface area contributed by atoms with Crippen LogP contribution in [-0.2, 0) is 0 Å². The van der Waals surface area contributed by atoms with Crippen LogP contribution in [0.2, 0.25) is 0 Å². The Bertz CT molecular complexity index is 1350. The van der Waals surface area contributed by atoms with Gasteiger partial charge in [-0.2, -0.15) is 0 Å². The summed E-state index contributed by atoms with van der Waals surface area (Å²) in [7, 11) is 0. The number of ether oxygens (including phenoxy) is 1. The van der Waals surface area contributed by atoms with Crippen LogP contribution in [0.1, 0.15) is 43.6 Å². The molecule has 4 aromatic rings. The molecule has 5 nitrogen and oxygen atoms in total. The molecule has 4 aromatic carbocycles. The second-order valence-electron chi connectivity index (χ2n) is 9.60. The summed E-state index contributed by atoms with van der Waals surface area (Å²) < 4.78 is 5.93. The van der Waals surface area contributed by atoms with Crippen molar-refractivity contribution in [3.63, 3.8) is 0 Å². The molecule has 0 aliphatic heterocycles. The number of phenols is 2. The molecule has 0 aliphatic carbocycles. The summed E-state index contributed by atoms with van der Waals surface area (Å²) in [6.07, 6.45) is 0. The van der Waals surface area contributed by atoms with Crippen LogP contribution in [0.5, 0.6) is 17.2 Å². The first-order valence-electron chi connectivity index (χ1n) is 12.3. The fourth-order valence-corrected chi connectivity index (χ4v) is 4.61. The number of carbonyl (C=O) groups is 1. The number of hydrogen-bond donors (Lipinski definition) is 2. The minimum atomic E-state index is -0.177. The number of benzene rings is 4. The topological polar surface area (TPSA) is 70.0 Å². The predicted molar refractivity (Wildman–Crippen MR) is 145 cm³/mol. The third kappa shape index (κ3) is 5.69. The Labute approximate surface area is 212 Å². The van der Waals surface area contributed by atoms with Gasteiger partial charge in [-0.05, 0) is 110 Å². The zero-order valence-electron chi connectivity index (χ0n) is 21.2. The minimum Gasteiger partial charge on any atom is -0.508 e. The molecule has 0 amide bonds. The minimum absolute atomic E-state index is 0.0348. The molecule has 4 rings (SSSR count). The molecule has 0 fully saturated rings. The number of ketones is 1. The number of phenolic OH excluding ortho intramolecular Hbond substituents is 2. The Morgan fingerprint density at radius 3 is 2.08 bits per heavy atom. The molecular formula is C31H33NO4. The van der Waals surface area contributed by atoms with Crippen LogP contribution in [0, 0.1) is 0 Å². The normalized spacial score (nSPS) is 11.5. The molecule has 0 aliphatic rings. The van der Waals surface area contributed by atoms with Crippen molar-refractivity contribution in [1.29, 1.82) is 0 Å². The molecule has 2 N–H and O–H groups in total. The van der Waals surface area contributed by atoms with Crippen molar-refractivity contribution in [3.05, 3.63) is 90.0 Å². The predicted octanol–water partition coefficient (Wildman–Crippen LogP) is 6.65. The van der Waals surface area contributed by atoms with Crippen molar-refractivity contribution < 1.29 is 19.7 Å². The van der Waals surface area contributed by atoms with Gasteiger partial charge in [0.2, 0.25) is 0 Å². The number of hydrogen-bond acceptors (Lipinski definition) is 5. The number of nitrogens with zero attached hydrogens (tertiary/aromatic N) is 1. The number of fused-ring (bicyclic) bond motifs is 1. The van der Waals surface area contributed by atoms with Gasteiger partial charge in [-0.25, -0.2) is 0 Å². The van der Waals surface area contributed by atoms with E-state index in [0.717, 1.165) is 28.4 Å². The monoisotopic (exact) mass is 483 g/mol. The largest absolute Gasteiger partial charge is 0.508 e. The Morgan fingerprint density at radius 2 is 1.39 bits per heavy atom. The van der Waals surface area contributed by atoms with E-state index in [1.807, 2.05) is 36.4 Å². The second-order valence-corrected chi connectivity index (χ2v) is 9.60. The van der Waals surface area contributed by atoms with Gasteiger partial charge < -0.3 is 14.9 Å². The highest BCUT2D eigenvalue weighted by molar-refractivity contribution is 6.13. The van der Waals surface area contributed by atoms with Gasteiger partial charge in [-0.15, -0.1) is 0 Å². The van der Waals surface area contributed by atoms with Gasteiger partial charge in [0.1, 0.15) is 23.9 Å². The van der Waals surface area contributed by atoms with Gasteiger partial charge in [0.15, 0.2) is 5.78 Å².